The summed E-state index contributed by atoms with van der Waals surface area (Å²) in [6.07, 6.45) is 1.53. The lowest BCUT2D eigenvalue weighted by atomic mass is 10.1. The Bertz CT molecular complexity index is 544. The molecule has 20 heavy (non-hydrogen) atoms. The van der Waals surface area contributed by atoms with Crippen LogP contribution in [0.2, 0.25) is 0 Å². The molecule has 1 aromatic rings. The van der Waals surface area contributed by atoms with Crippen molar-refractivity contribution in [3.63, 3.8) is 0 Å². The predicted octanol–water partition coefficient (Wildman–Crippen LogP) is 1.60. The largest absolute Gasteiger partial charge is 0.478 e. The van der Waals surface area contributed by atoms with Crippen LogP contribution in [0.1, 0.15) is 23.2 Å². The minimum absolute atomic E-state index is 0.00466. The SMILES string of the molecule is O=C(O)c1cc([N+](=O)[O-])c(NC2CCNCC2)cc1F. The number of hydrogen-bond acceptors (Lipinski definition) is 5. The van der Waals surface area contributed by atoms with E-state index in [1.54, 1.807) is 0 Å². The van der Waals surface area contributed by atoms with Crippen molar-refractivity contribution in [1.29, 1.82) is 0 Å². The van der Waals surface area contributed by atoms with E-state index >= 15 is 0 Å². The van der Waals surface area contributed by atoms with Crippen molar-refractivity contribution in [2.45, 2.75) is 18.9 Å². The van der Waals surface area contributed by atoms with Gasteiger partial charge in [-0.3, -0.25) is 10.1 Å². The number of anilines is 1. The number of carboxylic acid groups (broad SMARTS) is 1. The Kier molecular flexibility index (Phi) is 4.14. The molecule has 1 aliphatic rings. The third-order valence-electron chi connectivity index (χ3n) is 3.21. The van der Waals surface area contributed by atoms with E-state index in [2.05, 4.69) is 10.6 Å². The van der Waals surface area contributed by atoms with Crippen molar-refractivity contribution < 1.29 is 19.2 Å². The number of nitrogens with zero attached hydrogens (tertiary/aromatic N) is 1. The number of carbonyl (C=O) groups is 1. The maximum atomic E-state index is 13.6. The van der Waals surface area contributed by atoms with E-state index in [0.717, 1.165) is 38.1 Å². The van der Waals surface area contributed by atoms with Crippen LogP contribution in [0, 0.1) is 15.9 Å². The third-order valence-corrected chi connectivity index (χ3v) is 3.21. The van der Waals surface area contributed by atoms with Gasteiger partial charge >= 0.3 is 5.97 Å². The molecule has 1 aromatic carbocycles. The first kappa shape index (κ1) is 14.2. The van der Waals surface area contributed by atoms with Crippen LogP contribution in [0.4, 0.5) is 15.8 Å². The fourth-order valence-electron chi connectivity index (χ4n) is 2.18. The van der Waals surface area contributed by atoms with Gasteiger partial charge in [0.2, 0.25) is 0 Å². The molecule has 8 heteroatoms. The lowest BCUT2D eigenvalue weighted by Crippen LogP contribution is -2.35. The van der Waals surface area contributed by atoms with E-state index in [1.807, 2.05) is 0 Å². The molecule has 7 nitrogen and oxygen atoms in total. The Hall–Kier alpha value is -2.22. The number of hydrogen-bond donors (Lipinski definition) is 3. The van der Waals surface area contributed by atoms with Gasteiger partial charge in [-0.15, -0.1) is 0 Å². The van der Waals surface area contributed by atoms with Crippen molar-refractivity contribution >= 4 is 17.3 Å². The van der Waals surface area contributed by atoms with E-state index in [1.165, 1.54) is 0 Å². The second-order valence-electron chi connectivity index (χ2n) is 4.58. The Labute approximate surface area is 113 Å². The summed E-state index contributed by atoms with van der Waals surface area (Å²) in [6, 6.07) is 1.63. The van der Waals surface area contributed by atoms with Crippen LogP contribution in [0.3, 0.4) is 0 Å². The van der Waals surface area contributed by atoms with E-state index < -0.39 is 28.0 Å². The average Bonchev–Trinajstić information content (AvgIpc) is 2.39. The highest BCUT2D eigenvalue weighted by Crippen LogP contribution is 2.29. The van der Waals surface area contributed by atoms with Crippen molar-refractivity contribution in [2.75, 3.05) is 18.4 Å². The maximum Gasteiger partial charge on any atom is 0.338 e. The minimum atomic E-state index is -1.53. The molecule has 1 aliphatic heterocycles. The molecule has 1 fully saturated rings. The van der Waals surface area contributed by atoms with E-state index in [-0.39, 0.29) is 11.7 Å². The van der Waals surface area contributed by atoms with Gasteiger partial charge in [-0.1, -0.05) is 0 Å². The molecular formula is C12H14FN3O4. The zero-order valence-electron chi connectivity index (χ0n) is 10.6. The number of benzene rings is 1. The summed E-state index contributed by atoms with van der Waals surface area (Å²) in [6.45, 7) is 1.56. The number of piperidine rings is 1. The van der Waals surface area contributed by atoms with E-state index in [9.17, 15) is 19.3 Å². The van der Waals surface area contributed by atoms with Gasteiger partial charge in [-0.25, -0.2) is 9.18 Å². The Balaban J connectivity index is 2.33. The van der Waals surface area contributed by atoms with Crippen LogP contribution in [0.5, 0.6) is 0 Å². The summed E-state index contributed by atoms with van der Waals surface area (Å²) < 4.78 is 13.6. The Morgan fingerprint density at radius 3 is 2.65 bits per heavy atom. The standard InChI is InChI=1S/C12H14FN3O4/c13-9-6-10(15-7-1-3-14-4-2-7)11(16(19)20)5-8(9)12(17)18/h5-7,14-15H,1-4H2,(H,17,18). The van der Waals surface area contributed by atoms with Crippen LogP contribution < -0.4 is 10.6 Å². The van der Waals surface area contributed by atoms with Gasteiger partial charge in [-0.05, 0) is 25.9 Å². The molecule has 2 rings (SSSR count). The molecule has 108 valence electrons. The number of nitro benzene ring substituents is 1. The highest BCUT2D eigenvalue weighted by Gasteiger charge is 2.24. The molecule has 0 atom stereocenters. The van der Waals surface area contributed by atoms with E-state index in [0.29, 0.717) is 0 Å². The van der Waals surface area contributed by atoms with Gasteiger partial charge in [0.1, 0.15) is 17.1 Å². The first-order chi connectivity index (χ1) is 9.49. The molecule has 1 heterocycles. The Morgan fingerprint density at radius 1 is 1.45 bits per heavy atom. The molecule has 0 bridgehead atoms. The molecule has 0 unspecified atom stereocenters. The second kappa shape index (κ2) is 5.83. The summed E-state index contributed by atoms with van der Waals surface area (Å²) >= 11 is 0. The summed E-state index contributed by atoms with van der Waals surface area (Å²) in [5.41, 5.74) is -1.11. The molecule has 3 N–H and O–H groups in total. The van der Waals surface area contributed by atoms with E-state index in [4.69, 9.17) is 5.11 Å². The average molecular weight is 283 g/mol. The van der Waals surface area contributed by atoms with Crippen molar-refractivity contribution in [1.82, 2.24) is 5.32 Å². The zero-order chi connectivity index (χ0) is 14.7. The van der Waals surface area contributed by atoms with Crippen LogP contribution in [0.25, 0.3) is 0 Å². The van der Waals surface area contributed by atoms with Crippen molar-refractivity contribution in [3.05, 3.63) is 33.6 Å². The number of aromatic carboxylic acids is 1. The zero-order valence-corrected chi connectivity index (χ0v) is 10.6. The summed E-state index contributed by atoms with van der Waals surface area (Å²) in [7, 11) is 0. The van der Waals surface area contributed by atoms with Crippen LogP contribution >= 0.6 is 0 Å². The van der Waals surface area contributed by atoms with Crippen molar-refractivity contribution in [2.24, 2.45) is 0 Å². The van der Waals surface area contributed by atoms with Gasteiger partial charge < -0.3 is 15.7 Å². The summed E-state index contributed by atoms with van der Waals surface area (Å²) in [5, 5.41) is 25.9. The molecule has 0 amide bonds. The van der Waals surface area contributed by atoms with Gasteiger partial charge in [0.15, 0.2) is 0 Å². The lowest BCUT2D eigenvalue weighted by Gasteiger charge is -2.24. The maximum absolute atomic E-state index is 13.6. The molecule has 0 aromatic heterocycles. The minimum Gasteiger partial charge on any atom is -0.478 e. The highest BCUT2D eigenvalue weighted by atomic mass is 19.1. The van der Waals surface area contributed by atoms with Gasteiger partial charge in [-0.2, -0.15) is 0 Å². The molecule has 0 saturated carbocycles. The molecule has 0 aliphatic carbocycles. The van der Waals surface area contributed by atoms with Crippen LogP contribution in [-0.4, -0.2) is 35.1 Å². The van der Waals surface area contributed by atoms with Gasteiger partial charge in [0, 0.05) is 18.2 Å². The fourth-order valence-corrected chi connectivity index (χ4v) is 2.18. The van der Waals surface area contributed by atoms with Gasteiger partial charge in [0.25, 0.3) is 5.69 Å². The monoisotopic (exact) mass is 283 g/mol. The Morgan fingerprint density at radius 2 is 2.10 bits per heavy atom. The molecule has 0 spiro atoms. The lowest BCUT2D eigenvalue weighted by molar-refractivity contribution is -0.384. The first-order valence-corrected chi connectivity index (χ1v) is 6.17. The normalized spacial score (nSPS) is 15.8. The number of halogens is 1. The molecule has 0 radical (unpaired) electrons. The first-order valence-electron chi connectivity index (χ1n) is 6.17. The summed E-state index contributed by atoms with van der Waals surface area (Å²) in [4.78, 5) is 21.1. The summed E-state index contributed by atoms with van der Waals surface area (Å²) in [5.74, 6) is -2.52. The smallest absolute Gasteiger partial charge is 0.338 e. The molecule has 1 saturated heterocycles. The number of rotatable bonds is 4. The fraction of sp³-hybridized carbons (Fsp3) is 0.417. The second-order valence-corrected chi connectivity index (χ2v) is 4.58. The van der Waals surface area contributed by atoms with Crippen LogP contribution in [-0.2, 0) is 0 Å². The number of nitrogens with one attached hydrogen (secondary N) is 2. The molecular weight excluding hydrogens is 269 g/mol. The van der Waals surface area contributed by atoms with Crippen LogP contribution in [0.15, 0.2) is 12.1 Å². The third kappa shape index (κ3) is 3.02. The highest BCUT2D eigenvalue weighted by molar-refractivity contribution is 5.90. The number of nitro groups is 1. The van der Waals surface area contributed by atoms with Gasteiger partial charge in [0.05, 0.1) is 4.92 Å². The van der Waals surface area contributed by atoms with Crippen molar-refractivity contribution in [3.8, 4) is 0 Å². The quantitative estimate of drug-likeness (QED) is 0.572. The predicted molar refractivity (Wildman–Crippen MR) is 69.5 cm³/mol. The topological polar surface area (TPSA) is 104 Å². The number of carboxylic acids is 1.